The third-order valence-corrected chi connectivity index (χ3v) is 6.77. The van der Waals surface area contributed by atoms with Gasteiger partial charge in [0.1, 0.15) is 11.2 Å². The first-order valence-corrected chi connectivity index (χ1v) is 11.9. The van der Waals surface area contributed by atoms with Crippen molar-refractivity contribution in [2.24, 2.45) is 5.92 Å². The van der Waals surface area contributed by atoms with Crippen LogP contribution in [0.1, 0.15) is 108 Å². The first kappa shape index (κ1) is 22.8. The minimum atomic E-state index is -0.915. The maximum atomic E-state index is 13.6. The third-order valence-electron chi connectivity index (χ3n) is 6.77. The van der Waals surface area contributed by atoms with Crippen molar-refractivity contribution in [3.8, 4) is 0 Å². The maximum Gasteiger partial charge on any atom is 0.273 e. The molecule has 168 valence electrons. The average molecular weight is 417 g/mol. The van der Waals surface area contributed by atoms with E-state index < -0.39 is 5.54 Å². The van der Waals surface area contributed by atoms with Crippen molar-refractivity contribution in [1.82, 2.24) is 20.0 Å². The molecule has 0 unspecified atom stereocenters. The van der Waals surface area contributed by atoms with Gasteiger partial charge in [-0.25, -0.2) is 0 Å². The maximum absolute atomic E-state index is 13.6. The highest BCUT2D eigenvalue weighted by molar-refractivity contribution is 5.99. The van der Waals surface area contributed by atoms with Gasteiger partial charge in [-0.1, -0.05) is 59.8 Å². The molecule has 2 aliphatic rings. The lowest BCUT2D eigenvalue weighted by atomic mass is 9.91. The van der Waals surface area contributed by atoms with Crippen molar-refractivity contribution in [2.45, 2.75) is 110 Å². The topological polar surface area (TPSA) is 67.2 Å². The Bertz CT molecular complexity index is 746. The molecule has 3 rings (SSSR count). The van der Waals surface area contributed by atoms with Gasteiger partial charge in [-0.05, 0) is 44.1 Å². The molecule has 1 saturated carbocycles. The summed E-state index contributed by atoms with van der Waals surface area (Å²) in [5.74, 6) is 0.609. The Morgan fingerprint density at radius 1 is 1.17 bits per heavy atom. The number of fused-ring (bicyclic) bond motifs is 1. The number of carbonyl (C=O) groups is 2. The summed E-state index contributed by atoms with van der Waals surface area (Å²) in [4.78, 5) is 28.9. The fourth-order valence-corrected chi connectivity index (χ4v) is 4.62. The molecule has 0 radical (unpaired) electrons. The Morgan fingerprint density at radius 3 is 2.40 bits per heavy atom. The Labute approximate surface area is 181 Å². The largest absolute Gasteiger partial charge is 0.351 e. The zero-order valence-corrected chi connectivity index (χ0v) is 19.5. The van der Waals surface area contributed by atoms with E-state index in [4.69, 9.17) is 0 Å². The van der Waals surface area contributed by atoms with Crippen LogP contribution in [0.3, 0.4) is 0 Å². The second-order valence-corrected chi connectivity index (χ2v) is 10.2. The van der Waals surface area contributed by atoms with Crippen LogP contribution in [0.4, 0.5) is 0 Å². The number of hydrogen-bond acceptors (Lipinski definition) is 3. The molecule has 1 N–H and O–H groups in total. The Balaban J connectivity index is 1.86. The first-order valence-electron chi connectivity index (χ1n) is 11.9. The highest BCUT2D eigenvalue weighted by atomic mass is 16.2. The van der Waals surface area contributed by atoms with E-state index >= 15 is 0 Å². The standard InChI is InChI=1S/C24H40N4O2/c1-17(2)13-14-27-22(29)21-15-20(18(3)4)26-28(21)16-24(27,5)23(30)25-19-11-9-7-6-8-10-12-19/h15,17-19H,6-14,16H2,1-5H3,(H,25,30)/t24-/m0/s1. The van der Waals surface area contributed by atoms with Crippen LogP contribution >= 0.6 is 0 Å². The summed E-state index contributed by atoms with van der Waals surface area (Å²) < 4.78 is 1.77. The van der Waals surface area contributed by atoms with Crippen molar-refractivity contribution < 1.29 is 9.59 Å². The van der Waals surface area contributed by atoms with Crippen LogP contribution in [-0.2, 0) is 11.3 Å². The van der Waals surface area contributed by atoms with Gasteiger partial charge in [0.2, 0.25) is 5.91 Å². The van der Waals surface area contributed by atoms with Gasteiger partial charge < -0.3 is 10.2 Å². The van der Waals surface area contributed by atoms with E-state index in [9.17, 15) is 9.59 Å². The molecule has 30 heavy (non-hydrogen) atoms. The number of rotatable bonds is 6. The van der Waals surface area contributed by atoms with Crippen LogP contribution in [0.5, 0.6) is 0 Å². The molecule has 0 saturated heterocycles. The third kappa shape index (κ3) is 4.89. The number of hydrogen-bond donors (Lipinski definition) is 1. The van der Waals surface area contributed by atoms with Crippen molar-refractivity contribution in [2.75, 3.05) is 6.54 Å². The molecule has 6 heteroatoms. The second-order valence-electron chi connectivity index (χ2n) is 10.2. The molecule has 1 aliphatic heterocycles. The Hall–Kier alpha value is -1.85. The number of amides is 2. The van der Waals surface area contributed by atoms with E-state index in [0.717, 1.165) is 25.0 Å². The van der Waals surface area contributed by atoms with E-state index in [-0.39, 0.29) is 23.8 Å². The molecule has 0 bridgehead atoms. The molecule has 0 spiro atoms. The van der Waals surface area contributed by atoms with Crippen LogP contribution in [0, 0.1) is 5.92 Å². The van der Waals surface area contributed by atoms with E-state index in [2.05, 4.69) is 38.1 Å². The fourth-order valence-electron chi connectivity index (χ4n) is 4.62. The summed E-state index contributed by atoms with van der Waals surface area (Å²) >= 11 is 0. The van der Waals surface area contributed by atoms with Crippen LogP contribution in [0.15, 0.2) is 6.07 Å². The van der Waals surface area contributed by atoms with Gasteiger partial charge in [0.05, 0.1) is 12.2 Å². The van der Waals surface area contributed by atoms with E-state index in [1.54, 1.807) is 4.68 Å². The highest BCUT2D eigenvalue weighted by Gasteiger charge is 2.48. The lowest BCUT2D eigenvalue weighted by Gasteiger charge is -2.44. The van der Waals surface area contributed by atoms with Gasteiger partial charge in [-0.3, -0.25) is 14.3 Å². The van der Waals surface area contributed by atoms with Gasteiger partial charge in [-0.2, -0.15) is 5.10 Å². The van der Waals surface area contributed by atoms with Crippen molar-refractivity contribution in [3.63, 3.8) is 0 Å². The van der Waals surface area contributed by atoms with Crippen molar-refractivity contribution >= 4 is 11.8 Å². The molecular formula is C24H40N4O2. The normalized spacial score (nSPS) is 23.4. The zero-order valence-electron chi connectivity index (χ0n) is 19.5. The Morgan fingerprint density at radius 2 is 1.80 bits per heavy atom. The van der Waals surface area contributed by atoms with Gasteiger partial charge in [0, 0.05) is 12.6 Å². The molecule has 0 aromatic carbocycles. The minimum Gasteiger partial charge on any atom is -0.351 e. The molecular weight excluding hydrogens is 376 g/mol. The summed E-state index contributed by atoms with van der Waals surface area (Å²) in [7, 11) is 0. The lowest BCUT2D eigenvalue weighted by molar-refractivity contribution is -0.134. The molecule has 1 aliphatic carbocycles. The number of nitrogens with one attached hydrogen (secondary N) is 1. The van der Waals surface area contributed by atoms with Crippen LogP contribution < -0.4 is 5.32 Å². The summed E-state index contributed by atoms with van der Waals surface area (Å²) in [5.41, 5.74) is 0.604. The molecule has 2 heterocycles. The van der Waals surface area contributed by atoms with Gasteiger partial charge in [0.15, 0.2) is 0 Å². The molecule has 2 amide bonds. The fraction of sp³-hybridized carbons (Fsp3) is 0.792. The van der Waals surface area contributed by atoms with Crippen LogP contribution in [-0.4, -0.2) is 44.6 Å². The summed E-state index contributed by atoms with van der Waals surface area (Å²) in [6.45, 7) is 11.4. The Kier molecular flexibility index (Phi) is 7.25. The molecule has 1 atom stereocenters. The quantitative estimate of drug-likeness (QED) is 0.743. The smallest absolute Gasteiger partial charge is 0.273 e. The zero-order chi connectivity index (χ0) is 21.9. The van der Waals surface area contributed by atoms with Crippen molar-refractivity contribution in [1.29, 1.82) is 0 Å². The van der Waals surface area contributed by atoms with E-state index in [1.165, 1.54) is 32.1 Å². The van der Waals surface area contributed by atoms with Gasteiger partial charge in [-0.15, -0.1) is 0 Å². The summed E-state index contributed by atoms with van der Waals surface area (Å²) in [6.07, 6.45) is 9.07. The first-order chi connectivity index (χ1) is 14.2. The SMILES string of the molecule is CC(C)CCN1C(=O)c2cc(C(C)C)nn2C[C@@]1(C)C(=O)NC1CCCCCCC1. The van der Waals surface area contributed by atoms with Crippen LogP contribution in [0.25, 0.3) is 0 Å². The summed E-state index contributed by atoms with van der Waals surface area (Å²) in [6, 6.07) is 2.11. The molecule has 1 aromatic rings. The number of aromatic nitrogens is 2. The summed E-state index contributed by atoms with van der Waals surface area (Å²) in [5, 5.41) is 7.99. The van der Waals surface area contributed by atoms with Crippen LogP contribution in [0.2, 0.25) is 0 Å². The van der Waals surface area contributed by atoms with Crippen molar-refractivity contribution in [3.05, 3.63) is 17.5 Å². The van der Waals surface area contributed by atoms with Gasteiger partial charge >= 0.3 is 0 Å². The van der Waals surface area contributed by atoms with E-state index in [0.29, 0.717) is 24.7 Å². The second kappa shape index (κ2) is 9.52. The number of nitrogens with zero attached hydrogens (tertiary/aromatic N) is 3. The highest BCUT2D eigenvalue weighted by Crippen LogP contribution is 2.30. The monoisotopic (exact) mass is 416 g/mol. The average Bonchev–Trinajstić information content (AvgIpc) is 3.07. The predicted octanol–water partition coefficient (Wildman–Crippen LogP) is 4.50. The molecule has 6 nitrogen and oxygen atoms in total. The molecule has 1 aromatic heterocycles. The minimum absolute atomic E-state index is 0.0302. The van der Waals surface area contributed by atoms with E-state index in [1.807, 2.05) is 17.9 Å². The van der Waals surface area contributed by atoms with Gasteiger partial charge in [0.25, 0.3) is 5.91 Å². The predicted molar refractivity (Wildman–Crippen MR) is 119 cm³/mol. The number of carbonyl (C=O) groups excluding carboxylic acids is 2. The molecule has 1 fully saturated rings. The lowest BCUT2D eigenvalue weighted by Crippen LogP contribution is -2.65.